The van der Waals surface area contributed by atoms with Gasteiger partial charge in [0.25, 0.3) is 5.78 Å². The highest BCUT2D eigenvalue weighted by Crippen LogP contribution is 2.25. The summed E-state index contributed by atoms with van der Waals surface area (Å²) in [5, 5.41) is 7.10. The molecule has 1 aliphatic rings. The summed E-state index contributed by atoms with van der Waals surface area (Å²) in [6.45, 7) is 1.61. The number of aromatic nitrogens is 4. The number of primary amides is 1. The van der Waals surface area contributed by atoms with E-state index in [1.807, 2.05) is 36.4 Å². The molecule has 0 atom stereocenters. The molecule has 3 heterocycles. The highest BCUT2D eigenvalue weighted by molar-refractivity contribution is 5.72. The number of carbonyl (C=O) groups is 1. The molecule has 0 aliphatic carbocycles. The summed E-state index contributed by atoms with van der Waals surface area (Å²) < 4.78 is 1.76. The number of anilines is 1. The first kappa shape index (κ1) is 15.4. The third-order valence-corrected chi connectivity index (χ3v) is 4.47. The number of rotatable bonds is 3. The molecule has 1 aliphatic heterocycles. The van der Waals surface area contributed by atoms with Crippen molar-refractivity contribution in [1.82, 2.24) is 24.9 Å². The second kappa shape index (κ2) is 6.39. The second-order valence-electron chi connectivity index (χ2n) is 6.11. The summed E-state index contributed by atoms with van der Waals surface area (Å²) in [6, 6.07) is 11.7. The second-order valence-corrected chi connectivity index (χ2v) is 6.11. The Hall–Kier alpha value is -3.16. The van der Waals surface area contributed by atoms with E-state index in [9.17, 15) is 4.79 Å². The molecule has 8 nitrogen and oxygen atoms in total. The lowest BCUT2D eigenvalue weighted by Crippen LogP contribution is -2.46. The summed E-state index contributed by atoms with van der Waals surface area (Å²) >= 11 is 0. The van der Waals surface area contributed by atoms with Gasteiger partial charge in [-0.05, 0) is 12.8 Å². The fourth-order valence-electron chi connectivity index (χ4n) is 3.23. The molecule has 8 heteroatoms. The average Bonchev–Trinajstić information content (AvgIpc) is 3.10. The van der Waals surface area contributed by atoms with E-state index in [1.54, 1.807) is 4.52 Å². The van der Waals surface area contributed by atoms with Crippen LogP contribution in [0.25, 0.3) is 17.0 Å². The first-order valence-corrected chi connectivity index (χ1v) is 8.28. The van der Waals surface area contributed by atoms with Crippen molar-refractivity contribution >= 4 is 17.6 Å². The molecule has 1 fully saturated rings. The number of benzene rings is 1. The standard InChI is InChI=1S/C17H19N7O/c18-16(25)21-13-6-8-23(9-7-13)15-10-14(12-4-2-1-3-5-12)22-17-19-11-20-24(15)17/h1-5,10-11,13H,6-9H2,(H3,18,21,25). The molecular weight excluding hydrogens is 318 g/mol. The molecule has 2 amide bonds. The molecule has 2 aromatic heterocycles. The Labute approximate surface area is 144 Å². The van der Waals surface area contributed by atoms with Gasteiger partial charge in [-0.25, -0.2) is 9.78 Å². The number of fused-ring (bicyclic) bond motifs is 1. The van der Waals surface area contributed by atoms with Gasteiger partial charge >= 0.3 is 6.03 Å². The molecule has 0 saturated carbocycles. The van der Waals surface area contributed by atoms with E-state index in [-0.39, 0.29) is 6.04 Å². The van der Waals surface area contributed by atoms with E-state index in [0.717, 1.165) is 43.0 Å². The van der Waals surface area contributed by atoms with Gasteiger partial charge in [0.15, 0.2) is 0 Å². The van der Waals surface area contributed by atoms with E-state index >= 15 is 0 Å². The van der Waals surface area contributed by atoms with E-state index in [0.29, 0.717) is 5.78 Å². The summed E-state index contributed by atoms with van der Waals surface area (Å²) in [7, 11) is 0. The molecule has 3 aromatic rings. The Morgan fingerprint density at radius 3 is 2.68 bits per heavy atom. The molecule has 0 spiro atoms. The van der Waals surface area contributed by atoms with Crippen LogP contribution in [0, 0.1) is 0 Å². The lowest BCUT2D eigenvalue weighted by Gasteiger charge is -2.33. The lowest BCUT2D eigenvalue weighted by molar-refractivity contribution is 0.242. The Morgan fingerprint density at radius 1 is 1.20 bits per heavy atom. The molecule has 1 aromatic carbocycles. The molecule has 0 radical (unpaired) electrons. The number of urea groups is 1. The van der Waals surface area contributed by atoms with Gasteiger partial charge in [0.1, 0.15) is 12.1 Å². The fraction of sp³-hybridized carbons (Fsp3) is 0.294. The van der Waals surface area contributed by atoms with Crippen LogP contribution in [0.5, 0.6) is 0 Å². The zero-order valence-electron chi connectivity index (χ0n) is 13.7. The van der Waals surface area contributed by atoms with Crippen LogP contribution in [-0.2, 0) is 0 Å². The number of hydrogen-bond donors (Lipinski definition) is 2. The lowest BCUT2D eigenvalue weighted by atomic mass is 10.0. The molecule has 4 rings (SSSR count). The predicted molar refractivity (Wildman–Crippen MR) is 94.2 cm³/mol. The summed E-state index contributed by atoms with van der Waals surface area (Å²) in [5.41, 5.74) is 7.13. The maximum Gasteiger partial charge on any atom is 0.312 e. The minimum absolute atomic E-state index is 0.121. The van der Waals surface area contributed by atoms with Crippen molar-refractivity contribution in [3.63, 3.8) is 0 Å². The SMILES string of the molecule is NC(=O)NC1CCN(c2cc(-c3ccccc3)nc3ncnn23)CC1. The zero-order valence-corrected chi connectivity index (χ0v) is 13.7. The molecule has 0 bridgehead atoms. The first-order valence-electron chi connectivity index (χ1n) is 8.28. The Kier molecular flexibility index (Phi) is 3.93. The van der Waals surface area contributed by atoms with Gasteiger partial charge in [-0.15, -0.1) is 0 Å². The van der Waals surface area contributed by atoms with Crippen LogP contribution in [0.15, 0.2) is 42.7 Å². The Balaban J connectivity index is 1.65. The molecule has 0 unspecified atom stereocenters. The molecular formula is C17H19N7O. The van der Waals surface area contributed by atoms with Gasteiger partial charge in [0.05, 0.1) is 5.69 Å². The smallest absolute Gasteiger partial charge is 0.312 e. The number of nitrogens with one attached hydrogen (secondary N) is 1. The third kappa shape index (κ3) is 3.10. The number of amides is 2. The van der Waals surface area contributed by atoms with E-state index in [1.165, 1.54) is 6.33 Å². The van der Waals surface area contributed by atoms with Crippen molar-refractivity contribution in [2.75, 3.05) is 18.0 Å². The summed E-state index contributed by atoms with van der Waals surface area (Å²) in [4.78, 5) is 22.1. The maximum atomic E-state index is 11.0. The quantitative estimate of drug-likeness (QED) is 0.753. The van der Waals surface area contributed by atoms with Crippen molar-refractivity contribution in [3.05, 3.63) is 42.7 Å². The molecule has 3 N–H and O–H groups in total. The number of nitrogens with two attached hydrogens (primary N) is 1. The summed E-state index contributed by atoms with van der Waals surface area (Å²) in [6.07, 6.45) is 3.19. The topological polar surface area (TPSA) is 101 Å². The third-order valence-electron chi connectivity index (χ3n) is 4.47. The minimum atomic E-state index is -0.465. The monoisotopic (exact) mass is 337 g/mol. The minimum Gasteiger partial charge on any atom is -0.356 e. The van der Waals surface area contributed by atoms with Crippen molar-refractivity contribution in [1.29, 1.82) is 0 Å². The van der Waals surface area contributed by atoms with Gasteiger partial charge < -0.3 is 16.0 Å². The van der Waals surface area contributed by atoms with Gasteiger partial charge in [0, 0.05) is 30.8 Å². The van der Waals surface area contributed by atoms with E-state index in [2.05, 4.69) is 25.3 Å². The fourth-order valence-corrected chi connectivity index (χ4v) is 3.23. The predicted octanol–water partition coefficient (Wildman–Crippen LogP) is 1.43. The van der Waals surface area contributed by atoms with Crippen LogP contribution in [0.4, 0.5) is 10.6 Å². The summed E-state index contributed by atoms with van der Waals surface area (Å²) in [5.74, 6) is 1.53. The van der Waals surface area contributed by atoms with Crippen LogP contribution in [0.2, 0.25) is 0 Å². The number of nitrogens with zero attached hydrogens (tertiary/aromatic N) is 5. The average molecular weight is 337 g/mol. The van der Waals surface area contributed by atoms with Gasteiger partial charge in [-0.2, -0.15) is 14.6 Å². The van der Waals surface area contributed by atoms with E-state index in [4.69, 9.17) is 5.73 Å². The van der Waals surface area contributed by atoms with Crippen molar-refractivity contribution in [3.8, 4) is 11.3 Å². The molecule has 25 heavy (non-hydrogen) atoms. The first-order chi connectivity index (χ1) is 12.2. The number of hydrogen-bond acceptors (Lipinski definition) is 5. The largest absolute Gasteiger partial charge is 0.356 e. The van der Waals surface area contributed by atoms with Crippen molar-refractivity contribution < 1.29 is 4.79 Å². The molecule has 1 saturated heterocycles. The molecule has 128 valence electrons. The number of carbonyl (C=O) groups excluding carboxylic acids is 1. The van der Waals surface area contributed by atoms with Crippen LogP contribution < -0.4 is 16.0 Å². The Bertz CT molecular complexity index is 884. The van der Waals surface area contributed by atoms with Crippen molar-refractivity contribution in [2.45, 2.75) is 18.9 Å². The highest BCUT2D eigenvalue weighted by Gasteiger charge is 2.23. The van der Waals surface area contributed by atoms with Gasteiger partial charge in [0.2, 0.25) is 0 Å². The van der Waals surface area contributed by atoms with Crippen LogP contribution >= 0.6 is 0 Å². The van der Waals surface area contributed by atoms with Gasteiger partial charge in [-0.1, -0.05) is 30.3 Å². The van der Waals surface area contributed by atoms with Crippen LogP contribution in [0.1, 0.15) is 12.8 Å². The van der Waals surface area contributed by atoms with Crippen LogP contribution in [-0.4, -0.2) is 44.7 Å². The Morgan fingerprint density at radius 2 is 1.96 bits per heavy atom. The van der Waals surface area contributed by atoms with Crippen molar-refractivity contribution in [2.24, 2.45) is 5.73 Å². The maximum absolute atomic E-state index is 11.0. The normalized spacial score (nSPS) is 15.4. The van der Waals surface area contributed by atoms with Crippen LogP contribution in [0.3, 0.4) is 0 Å². The highest BCUT2D eigenvalue weighted by atomic mass is 16.2. The number of piperidine rings is 1. The van der Waals surface area contributed by atoms with Gasteiger partial charge in [-0.3, -0.25) is 0 Å². The van der Waals surface area contributed by atoms with E-state index < -0.39 is 6.03 Å². The zero-order chi connectivity index (χ0) is 17.2.